The first kappa shape index (κ1) is 12.9. The summed E-state index contributed by atoms with van der Waals surface area (Å²) < 4.78 is 0. The maximum atomic E-state index is 11.7. The highest BCUT2D eigenvalue weighted by atomic mass is 35.5. The van der Waals surface area contributed by atoms with Gasteiger partial charge in [-0.15, -0.1) is 0 Å². The second-order valence-electron chi connectivity index (χ2n) is 5.73. The van der Waals surface area contributed by atoms with Gasteiger partial charge in [0, 0.05) is 23.0 Å². The van der Waals surface area contributed by atoms with Gasteiger partial charge in [0.25, 0.3) is 0 Å². The van der Waals surface area contributed by atoms with E-state index in [9.17, 15) is 9.90 Å². The fraction of sp³-hybridized carbons (Fsp3) is 0.533. The maximum Gasteiger partial charge on any atom is 0.308 e. The second-order valence-corrected chi connectivity index (χ2v) is 6.16. The Hall–Kier alpha value is -1.06. The number of nitrogens with zero attached hydrogens (tertiary/aromatic N) is 1. The van der Waals surface area contributed by atoms with E-state index in [-0.39, 0.29) is 17.9 Å². The lowest BCUT2D eigenvalue weighted by atomic mass is 9.76. The molecule has 0 aromatic heterocycles. The number of fused-ring (bicyclic) bond motifs is 2. The maximum absolute atomic E-state index is 11.7. The molecule has 1 aromatic rings. The van der Waals surface area contributed by atoms with E-state index >= 15 is 0 Å². The molecule has 4 heteroatoms. The van der Waals surface area contributed by atoms with E-state index in [0.29, 0.717) is 11.1 Å². The minimum atomic E-state index is -0.679. The topological polar surface area (TPSA) is 40.5 Å². The Morgan fingerprint density at radius 3 is 2.89 bits per heavy atom. The van der Waals surface area contributed by atoms with Gasteiger partial charge in [-0.1, -0.05) is 23.7 Å². The average Bonchev–Trinajstić information content (AvgIpc) is 2.62. The molecule has 2 aliphatic heterocycles. The van der Waals surface area contributed by atoms with Gasteiger partial charge in [-0.3, -0.25) is 9.69 Å². The van der Waals surface area contributed by atoms with E-state index in [1.165, 1.54) is 0 Å². The lowest BCUT2D eigenvalue weighted by Gasteiger charge is -2.41. The number of carboxylic acid groups (broad SMARTS) is 1. The highest BCUT2D eigenvalue weighted by molar-refractivity contribution is 6.30. The van der Waals surface area contributed by atoms with Crippen molar-refractivity contribution in [2.75, 3.05) is 7.05 Å². The van der Waals surface area contributed by atoms with Gasteiger partial charge in [0.1, 0.15) is 0 Å². The summed E-state index contributed by atoms with van der Waals surface area (Å²) in [4.78, 5) is 14.0. The smallest absolute Gasteiger partial charge is 0.308 e. The highest BCUT2D eigenvalue weighted by Gasteiger charge is 2.49. The Bertz CT molecular complexity index is 505. The number of rotatable bonds is 2. The molecule has 3 nitrogen and oxygen atoms in total. The van der Waals surface area contributed by atoms with Gasteiger partial charge >= 0.3 is 5.97 Å². The van der Waals surface area contributed by atoms with Crippen LogP contribution in [0.2, 0.25) is 5.02 Å². The molecule has 4 atom stereocenters. The quantitative estimate of drug-likeness (QED) is 0.905. The third-order valence-electron chi connectivity index (χ3n) is 4.83. The number of halogens is 1. The van der Waals surface area contributed by atoms with Crippen LogP contribution in [-0.4, -0.2) is 35.1 Å². The lowest BCUT2D eigenvalue weighted by molar-refractivity contribution is -0.146. The van der Waals surface area contributed by atoms with Crippen molar-refractivity contribution in [3.05, 3.63) is 34.9 Å². The van der Waals surface area contributed by atoms with Crippen LogP contribution in [0.1, 0.15) is 30.7 Å². The predicted molar refractivity (Wildman–Crippen MR) is 74.5 cm³/mol. The molecule has 0 spiro atoms. The number of carboxylic acids is 1. The summed E-state index contributed by atoms with van der Waals surface area (Å²) in [5.41, 5.74) is 1.07. The van der Waals surface area contributed by atoms with Gasteiger partial charge in [0.2, 0.25) is 0 Å². The van der Waals surface area contributed by atoms with Crippen molar-refractivity contribution in [2.45, 2.75) is 37.3 Å². The molecule has 2 fully saturated rings. The van der Waals surface area contributed by atoms with Crippen LogP contribution in [0.3, 0.4) is 0 Å². The molecule has 1 aromatic carbocycles. The fourth-order valence-corrected chi connectivity index (χ4v) is 4.08. The van der Waals surface area contributed by atoms with E-state index in [1.54, 1.807) is 0 Å². The Morgan fingerprint density at radius 1 is 1.42 bits per heavy atom. The Kier molecular flexibility index (Phi) is 3.27. The molecule has 0 amide bonds. The molecule has 0 radical (unpaired) electrons. The minimum Gasteiger partial charge on any atom is -0.481 e. The van der Waals surface area contributed by atoms with Crippen LogP contribution >= 0.6 is 11.6 Å². The Labute approximate surface area is 118 Å². The highest BCUT2D eigenvalue weighted by Crippen LogP contribution is 2.46. The zero-order chi connectivity index (χ0) is 13.6. The summed E-state index contributed by atoms with van der Waals surface area (Å²) >= 11 is 6.05. The molecule has 2 saturated heterocycles. The fourth-order valence-electron chi connectivity index (χ4n) is 3.88. The summed E-state index contributed by atoms with van der Waals surface area (Å²) in [6, 6.07) is 8.37. The van der Waals surface area contributed by atoms with E-state index in [0.717, 1.165) is 24.8 Å². The van der Waals surface area contributed by atoms with Crippen molar-refractivity contribution in [3.63, 3.8) is 0 Å². The van der Waals surface area contributed by atoms with Crippen LogP contribution in [0.4, 0.5) is 0 Å². The average molecular weight is 280 g/mol. The van der Waals surface area contributed by atoms with E-state index in [2.05, 4.69) is 11.9 Å². The van der Waals surface area contributed by atoms with Crippen LogP contribution in [0, 0.1) is 5.92 Å². The molecule has 1 N–H and O–H groups in total. The number of hydrogen-bond acceptors (Lipinski definition) is 2. The number of carbonyl (C=O) groups is 1. The van der Waals surface area contributed by atoms with Crippen molar-refractivity contribution in [1.82, 2.24) is 4.90 Å². The number of benzene rings is 1. The largest absolute Gasteiger partial charge is 0.481 e. The zero-order valence-electron chi connectivity index (χ0n) is 10.9. The second kappa shape index (κ2) is 4.80. The predicted octanol–water partition coefficient (Wildman–Crippen LogP) is 2.99. The zero-order valence-corrected chi connectivity index (χ0v) is 11.7. The van der Waals surface area contributed by atoms with Crippen molar-refractivity contribution >= 4 is 17.6 Å². The molecular weight excluding hydrogens is 262 g/mol. The number of hydrogen-bond donors (Lipinski definition) is 1. The molecule has 102 valence electrons. The van der Waals surface area contributed by atoms with Crippen LogP contribution in [-0.2, 0) is 4.79 Å². The van der Waals surface area contributed by atoms with Gasteiger partial charge in [-0.25, -0.2) is 0 Å². The Morgan fingerprint density at radius 2 is 2.21 bits per heavy atom. The molecule has 19 heavy (non-hydrogen) atoms. The first-order valence-electron chi connectivity index (χ1n) is 6.78. The standard InChI is InChI=1S/C15H18ClNO2/c1-17-11-5-6-13(17)14(15(18)19)12(8-11)9-3-2-4-10(16)7-9/h2-4,7,11-14H,5-6,8H2,1H3,(H,18,19)/t11?,12-,13?,14-/m0/s1. The third-order valence-corrected chi connectivity index (χ3v) is 5.07. The van der Waals surface area contributed by atoms with Gasteiger partial charge in [0.05, 0.1) is 5.92 Å². The third kappa shape index (κ3) is 2.15. The number of aliphatic carboxylic acids is 1. The minimum absolute atomic E-state index is 0.0879. The van der Waals surface area contributed by atoms with Crippen LogP contribution in [0.5, 0.6) is 0 Å². The molecule has 2 aliphatic rings. The summed E-state index contributed by atoms with van der Waals surface area (Å²) in [5, 5.41) is 10.3. The van der Waals surface area contributed by atoms with Gasteiger partial charge in [-0.2, -0.15) is 0 Å². The molecular formula is C15H18ClNO2. The first-order valence-corrected chi connectivity index (χ1v) is 7.16. The lowest BCUT2D eigenvalue weighted by Crippen LogP contribution is -2.48. The summed E-state index contributed by atoms with van der Waals surface area (Å²) in [6.45, 7) is 0. The molecule has 2 unspecified atom stereocenters. The van der Waals surface area contributed by atoms with E-state index in [4.69, 9.17) is 11.6 Å². The summed E-state index contributed by atoms with van der Waals surface area (Å²) in [7, 11) is 2.06. The van der Waals surface area contributed by atoms with E-state index < -0.39 is 5.97 Å². The van der Waals surface area contributed by atoms with Crippen LogP contribution in [0.25, 0.3) is 0 Å². The van der Waals surface area contributed by atoms with Gasteiger partial charge in [-0.05, 0) is 44.0 Å². The molecule has 0 aliphatic carbocycles. The molecule has 3 rings (SSSR count). The monoisotopic (exact) mass is 279 g/mol. The van der Waals surface area contributed by atoms with Crippen molar-refractivity contribution in [2.24, 2.45) is 5.92 Å². The Balaban J connectivity index is 1.98. The SMILES string of the molecule is CN1C2CCC1[C@@H](C(=O)O)[C@H](c1cccc(Cl)c1)C2. The normalized spacial score (nSPS) is 34.4. The van der Waals surface area contributed by atoms with Gasteiger partial charge in [0.15, 0.2) is 0 Å². The number of piperidine rings is 1. The van der Waals surface area contributed by atoms with Gasteiger partial charge < -0.3 is 5.11 Å². The van der Waals surface area contributed by atoms with E-state index in [1.807, 2.05) is 24.3 Å². The first-order chi connectivity index (χ1) is 9.08. The van der Waals surface area contributed by atoms with Crippen LogP contribution in [0.15, 0.2) is 24.3 Å². The van der Waals surface area contributed by atoms with Crippen molar-refractivity contribution < 1.29 is 9.90 Å². The van der Waals surface area contributed by atoms with Crippen molar-refractivity contribution in [3.8, 4) is 0 Å². The molecule has 2 heterocycles. The molecule has 0 saturated carbocycles. The summed E-state index contributed by atoms with van der Waals surface area (Å²) in [5.74, 6) is -0.908. The van der Waals surface area contributed by atoms with Crippen LogP contribution < -0.4 is 0 Å². The summed E-state index contributed by atoms with van der Waals surface area (Å²) in [6.07, 6.45) is 3.03. The molecule has 2 bridgehead atoms. The van der Waals surface area contributed by atoms with Crippen molar-refractivity contribution in [1.29, 1.82) is 0 Å².